The Hall–Kier alpha value is -2.72. The Morgan fingerprint density at radius 3 is 2.57 bits per heavy atom. The third-order valence-corrected chi connectivity index (χ3v) is 2.80. The Morgan fingerprint density at radius 2 is 1.76 bits per heavy atom. The topological polar surface area (TPSA) is 9.23 Å². The highest BCUT2D eigenvalue weighted by Gasteiger charge is 1.98. The lowest BCUT2D eigenvalue weighted by atomic mass is 10.2. The molecule has 0 heterocycles. The van der Waals surface area contributed by atoms with Crippen LogP contribution < -0.4 is 4.74 Å². The number of allylic oxidation sites excluding steroid dienone is 1. The summed E-state index contributed by atoms with van der Waals surface area (Å²) in [6, 6.07) is 18.0. The molecule has 0 fully saturated rings. The van der Waals surface area contributed by atoms with E-state index < -0.39 is 0 Å². The minimum atomic E-state index is 0.523. The number of para-hydroxylation sites is 1. The normalized spacial score (nSPS) is 9.90. The molecule has 0 aromatic heterocycles. The molecule has 0 saturated heterocycles. The molecule has 0 N–H and O–H groups in total. The lowest BCUT2D eigenvalue weighted by Gasteiger charge is -2.05. The van der Waals surface area contributed by atoms with E-state index in [4.69, 9.17) is 4.74 Å². The summed E-state index contributed by atoms with van der Waals surface area (Å²) in [5.41, 5.74) is 2.08. The van der Waals surface area contributed by atoms with Crippen LogP contribution in [0.2, 0.25) is 0 Å². The highest BCUT2D eigenvalue weighted by atomic mass is 16.5. The molecule has 1 heteroatoms. The van der Waals surface area contributed by atoms with Gasteiger partial charge in [-0.3, -0.25) is 0 Å². The highest BCUT2D eigenvalue weighted by Crippen LogP contribution is 2.16. The van der Waals surface area contributed by atoms with E-state index in [-0.39, 0.29) is 0 Å². The van der Waals surface area contributed by atoms with Crippen LogP contribution in [0.1, 0.15) is 17.5 Å². The molecule has 0 radical (unpaired) electrons. The van der Waals surface area contributed by atoms with Crippen LogP contribution in [-0.2, 0) is 0 Å². The molecule has 0 bridgehead atoms. The van der Waals surface area contributed by atoms with Crippen LogP contribution in [0.5, 0.6) is 5.75 Å². The van der Waals surface area contributed by atoms with E-state index in [2.05, 4.69) is 30.6 Å². The van der Waals surface area contributed by atoms with E-state index >= 15 is 0 Å². The average Bonchev–Trinajstić information content (AvgIpc) is 2.54. The van der Waals surface area contributed by atoms with Crippen molar-refractivity contribution in [3.05, 3.63) is 84.5 Å². The second-order valence-electron chi connectivity index (χ2n) is 4.41. The number of hydrogen-bond donors (Lipinski definition) is 0. The summed E-state index contributed by atoms with van der Waals surface area (Å²) in [4.78, 5) is 0. The van der Waals surface area contributed by atoms with Crippen molar-refractivity contribution in [3.63, 3.8) is 0 Å². The van der Waals surface area contributed by atoms with Gasteiger partial charge in [0.25, 0.3) is 0 Å². The van der Waals surface area contributed by atoms with E-state index in [9.17, 15) is 0 Å². The first kappa shape index (κ1) is 14.7. The molecule has 2 aromatic carbocycles. The molecule has 0 aliphatic heterocycles. The van der Waals surface area contributed by atoms with Crippen LogP contribution in [0, 0.1) is 11.8 Å². The summed E-state index contributed by atoms with van der Waals surface area (Å²) in [7, 11) is 0. The maximum absolute atomic E-state index is 5.77. The summed E-state index contributed by atoms with van der Waals surface area (Å²) in [6.45, 7) is 4.18. The molecule has 0 atom stereocenters. The van der Waals surface area contributed by atoms with Gasteiger partial charge in [-0.05, 0) is 23.8 Å². The molecule has 2 rings (SSSR count). The third kappa shape index (κ3) is 5.04. The first-order chi connectivity index (χ1) is 10.4. The Balaban J connectivity index is 1.96. The first-order valence-corrected chi connectivity index (χ1v) is 6.93. The second kappa shape index (κ2) is 8.45. The van der Waals surface area contributed by atoms with Crippen LogP contribution in [0.4, 0.5) is 0 Å². The molecule has 0 aliphatic rings. The van der Waals surface area contributed by atoms with Crippen molar-refractivity contribution < 1.29 is 4.74 Å². The Bertz CT molecular complexity index is 657. The zero-order valence-electron chi connectivity index (χ0n) is 12.0. The zero-order chi connectivity index (χ0) is 14.8. The van der Waals surface area contributed by atoms with Gasteiger partial charge in [0.1, 0.15) is 12.4 Å². The fourth-order valence-electron chi connectivity index (χ4n) is 1.80. The van der Waals surface area contributed by atoms with Gasteiger partial charge in [-0.1, -0.05) is 66.5 Å². The summed E-state index contributed by atoms with van der Waals surface area (Å²) in [6.07, 6.45) is 6.52. The molecule has 2 aromatic rings. The highest BCUT2D eigenvalue weighted by molar-refractivity contribution is 5.49. The largest absolute Gasteiger partial charge is 0.488 e. The van der Waals surface area contributed by atoms with E-state index in [0.717, 1.165) is 11.3 Å². The quantitative estimate of drug-likeness (QED) is 0.567. The Labute approximate surface area is 126 Å². The lowest BCUT2D eigenvalue weighted by Crippen LogP contribution is -1.95. The van der Waals surface area contributed by atoms with Crippen molar-refractivity contribution in [2.75, 3.05) is 6.61 Å². The minimum absolute atomic E-state index is 0.523. The van der Waals surface area contributed by atoms with Gasteiger partial charge < -0.3 is 4.74 Å². The smallest absolute Gasteiger partial charge is 0.135 e. The summed E-state index contributed by atoms with van der Waals surface area (Å²) < 4.78 is 5.77. The van der Waals surface area contributed by atoms with Crippen molar-refractivity contribution in [1.29, 1.82) is 0 Å². The van der Waals surface area contributed by atoms with Crippen molar-refractivity contribution in [1.82, 2.24) is 0 Å². The maximum atomic E-state index is 5.77. The van der Waals surface area contributed by atoms with E-state index in [1.807, 2.05) is 54.6 Å². The van der Waals surface area contributed by atoms with E-state index in [1.54, 1.807) is 6.08 Å². The number of rotatable bonds is 5. The second-order valence-corrected chi connectivity index (χ2v) is 4.41. The number of ether oxygens (including phenoxy) is 1. The fourth-order valence-corrected chi connectivity index (χ4v) is 1.80. The predicted octanol–water partition coefficient (Wildman–Crippen LogP) is 4.71. The molecular formula is C20H18O. The van der Waals surface area contributed by atoms with Gasteiger partial charge in [-0.2, -0.15) is 0 Å². The van der Waals surface area contributed by atoms with Crippen molar-refractivity contribution >= 4 is 6.08 Å². The molecule has 0 aliphatic carbocycles. The average molecular weight is 274 g/mol. The molecule has 0 spiro atoms. The van der Waals surface area contributed by atoms with Crippen molar-refractivity contribution in [2.24, 2.45) is 0 Å². The Kier molecular flexibility index (Phi) is 5.91. The first-order valence-electron chi connectivity index (χ1n) is 6.93. The maximum Gasteiger partial charge on any atom is 0.135 e. The molecular weight excluding hydrogens is 256 g/mol. The van der Waals surface area contributed by atoms with Gasteiger partial charge in [-0.15, -0.1) is 6.58 Å². The van der Waals surface area contributed by atoms with Gasteiger partial charge in [-0.25, -0.2) is 0 Å². The Morgan fingerprint density at radius 1 is 1.00 bits per heavy atom. The zero-order valence-corrected chi connectivity index (χ0v) is 12.0. The van der Waals surface area contributed by atoms with Gasteiger partial charge in [0, 0.05) is 6.42 Å². The van der Waals surface area contributed by atoms with Gasteiger partial charge in [0.05, 0.1) is 5.56 Å². The summed E-state index contributed by atoms with van der Waals surface area (Å²) in [5.74, 6) is 6.96. The molecule has 1 nitrogen and oxygen atoms in total. The molecule has 0 amide bonds. The third-order valence-electron chi connectivity index (χ3n) is 2.80. The molecule has 0 saturated carbocycles. The predicted molar refractivity (Wildman–Crippen MR) is 89.1 cm³/mol. The monoisotopic (exact) mass is 274 g/mol. The van der Waals surface area contributed by atoms with Crippen molar-refractivity contribution in [2.45, 2.75) is 6.42 Å². The van der Waals surface area contributed by atoms with Crippen LogP contribution in [-0.4, -0.2) is 6.61 Å². The van der Waals surface area contributed by atoms with Gasteiger partial charge >= 0.3 is 0 Å². The number of benzene rings is 2. The summed E-state index contributed by atoms with van der Waals surface area (Å²) in [5, 5.41) is 0. The molecule has 21 heavy (non-hydrogen) atoms. The van der Waals surface area contributed by atoms with E-state index in [1.165, 1.54) is 5.56 Å². The van der Waals surface area contributed by atoms with Crippen LogP contribution in [0.3, 0.4) is 0 Å². The summed E-state index contributed by atoms with van der Waals surface area (Å²) >= 11 is 0. The van der Waals surface area contributed by atoms with Crippen molar-refractivity contribution in [3.8, 4) is 17.6 Å². The lowest BCUT2D eigenvalue weighted by molar-refractivity contribution is 0.362. The van der Waals surface area contributed by atoms with Crippen LogP contribution in [0.25, 0.3) is 6.08 Å². The van der Waals surface area contributed by atoms with Gasteiger partial charge in [0.2, 0.25) is 0 Å². The molecule has 104 valence electrons. The minimum Gasteiger partial charge on any atom is -0.488 e. The van der Waals surface area contributed by atoms with Crippen LogP contribution in [0.15, 0.2) is 73.3 Å². The van der Waals surface area contributed by atoms with Gasteiger partial charge in [0.15, 0.2) is 0 Å². The van der Waals surface area contributed by atoms with E-state index in [0.29, 0.717) is 13.0 Å². The standard InChI is InChI=1S/C20H18O/c1-2-3-5-14-19-15-8-9-16-20(19)21-17-10-13-18-11-6-4-7-12-18/h2,4,6-13,15-16H,1,3,17H2/b13-10+. The number of hydrogen-bond acceptors (Lipinski definition) is 1. The van der Waals surface area contributed by atoms with Crippen LogP contribution >= 0.6 is 0 Å². The fraction of sp³-hybridized carbons (Fsp3) is 0.100. The molecule has 0 unspecified atom stereocenters. The SMILES string of the molecule is C=CCC#Cc1ccccc1OC/C=C/c1ccccc1.